The molecule has 0 heterocycles. The van der Waals surface area contributed by atoms with Gasteiger partial charge >= 0.3 is 24.1 Å². The molecule has 1 rings (SSSR count). The molecule has 0 saturated carbocycles. The molecule has 0 amide bonds. The fraction of sp³-hybridized carbons (Fsp3) is 0.667. The molecule has 3 N–H and O–H groups in total. The molecule has 0 aliphatic carbocycles. The summed E-state index contributed by atoms with van der Waals surface area (Å²) in [5, 5.41) is 9.69. The molecule has 0 bridgehead atoms. The van der Waals surface area contributed by atoms with E-state index in [-0.39, 0.29) is 54.1 Å². The maximum absolute atomic E-state index is 12.7. The fourth-order valence-electron chi connectivity index (χ4n) is 3.70. The summed E-state index contributed by atoms with van der Waals surface area (Å²) in [6.45, 7) is 17.1. The van der Waals surface area contributed by atoms with Crippen LogP contribution in [0.2, 0.25) is 0 Å². The average Bonchev–Trinajstić information content (AvgIpc) is 2.79. The molecular formula is C30H47NO9. The van der Waals surface area contributed by atoms with Crippen molar-refractivity contribution in [1.29, 1.82) is 0 Å². The highest BCUT2D eigenvalue weighted by molar-refractivity contribution is 5.77. The van der Waals surface area contributed by atoms with Crippen molar-refractivity contribution < 1.29 is 43.2 Å². The molecule has 3 unspecified atom stereocenters. The number of carboxylic acids is 1. The van der Waals surface area contributed by atoms with Crippen molar-refractivity contribution in [2.24, 2.45) is 22.5 Å². The predicted octanol–water partition coefficient (Wildman–Crippen LogP) is 5.84. The first-order valence-corrected chi connectivity index (χ1v) is 13.7. The molecule has 10 heteroatoms. The van der Waals surface area contributed by atoms with Crippen molar-refractivity contribution in [3.63, 3.8) is 0 Å². The van der Waals surface area contributed by atoms with Crippen LogP contribution in [0.15, 0.2) is 18.2 Å². The van der Waals surface area contributed by atoms with Gasteiger partial charge in [-0.3, -0.25) is 14.4 Å². The number of hydrogen-bond donors (Lipinski definition) is 2. The minimum Gasteiger partial charge on any atom is -0.480 e. The fourth-order valence-corrected chi connectivity index (χ4v) is 3.70. The lowest BCUT2D eigenvalue weighted by atomic mass is 9.87. The topological polar surface area (TPSA) is 151 Å². The number of aliphatic carboxylic acids is 1. The zero-order valence-electron chi connectivity index (χ0n) is 25.4. The van der Waals surface area contributed by atoms with Gasteiger partial charge in [0.05, 0.1) is 19.4 Å². The quantitative estimate of drug-likeness (QED) is 0.220. The van der Waals surface area contributed by atoms with Crippen molar-refractivity contribution in [2.75, 3.05) is 6.61 Å². The molecule has 0 aliphatic rings. The molecule has 0 fully saturated rings. The molecule has 1 aromatic carbocycles. The van der Waals surface area contributed by atoms with Gasteiger partial charge in [0.25, 0.3) is 0 Å². The summed E-state index contributed by atoms with van der Waals surface area (Å²) in [5.41, 5.74) is 5.77. The van der Waals surface area contributed by atoms with Gasteiger partial charge in [-0.2, -0.15) is 0 Å². The Morgan fingerprint density at radius 3 is 1.90 bits per heavy atom. The van der Waals surface area contributed by atoms with Gasteiger partial charge in [0.1, 0.15) is 12.1 Å². The Morgan fingerprint density at radius 2 is 1.43 bits per heavy atom. The van der Waals surface area contributed by atoms with E-state index in [4.69, 9.17) is 24.7 Å². The molecule has 0 aliphatic heterocycles. The van der Waals surface area contributed by atoms with Crippen LogP contribution in [0.25, 0.3) is 0 Å². The number of nitrogens with two attached hydrogens (primary N) is 1. The first-order valence-electron chi connectivity index (χ1n) is 13.7. The van der Waals surface area contributed by atoms with Gasteiger partial charge in [0, 0.05) is 5.92 Å². The van der Waals surface area contributed by atoms with E-state index in [0.29, 0.717) is 5.56 Å². The van der Waals surface area contributed by atoms with E-state index in [2.05, 4.69) is 0 Å². The largest absolute Gasteiger partial charge is 0.508 e. The summed E-state index contributed by atoms with van der Waals surface area (Å²) in [5.74, 6) is -2.98. The molecule has 4 atom stereocenters. The van der Waals surface area contributed by atoms with Crippen molar-refractivity contribution >= 4 is 24.1 Å². The van der Waals surface area contributed by atoms with E-state index in [9.17, 15) is 24.3 Å². The molecule has 1 aromatic rings. The van der Waals surface area contributed by atoms with Gasteiger partial charge in [-0.05, 0) is 47.8 Å². The van der Waals surface area contributed by atoms with Crippen LogP contribution in [0, 0.1) is 16.7 Å². The maximum Gasteiger partial charge on any atom is 0.508 e. The van der Waals surface area contributed by atoms with E-state index < -0.39 is 42.1 Å². The second-order valence-electron chi connectivity index (χ2n) is 12.8. The number of ether oxygens (including phenoxy) is 4. The van der Waals surface area contributed by atoms with Crippen molar-refractivity contribution in [3.05, 3.63) is 23.8 Å². The van der Waals surface area contributed by atoms with Crippen LogP contribution in [0.4, 0.5) is 4.79 Å². The molecule has 0 aromatic heterocycles. The van der Waals surface area contributed by atoms with Crippen LogP contribution in [-0.2, 0) is 23.9 Å². The van der Waals surface area contributed by atoms with E-state index in [1.54, 1.807) is 13.0 Å². The lowest BCUT2D eigenvalue weighted by Crippen LogP contribution is -2.38. The van der Waals surface area contributed by atoms with Crippen LogP contribution in [0.5, 0.6) is 11.5 Å². The number of rotatable bonds is 13. The van der Waals surface area contributed by atoms with Crippen molar-refractivity contribution in [1.82, 2.24) is 0 Å². The van der Waals surface area contributed by atoms with Crippen LogP contribution in [-0.4, -0.2) is 47.9 Å². The molecule has 10 nitrogen and oxygen atoms in total. The Balaban J connectivity index is 3.32. The van der Waals surface area contributed by atoms with Gasteiger partial charge in [-0.1, -0.05) is 67.9 Å². The van der Waals surface area contributed by atoms with Gasteiger partial charge in [-0.15, -0.1) is 0 Å². The maximum atomic E-state index is 12.7. The third-order valence-electron chi connectivity index (χ3n) is 5.98. The van der Waals surface area contributed by atoms with E-state index in [0.717, 1.165) is 6.42 Å². The second-order valence-corrected chi connectivity index (χ2v) is 12.8. The SMILES string of the molecule is CCC(C)COC(=O)OC(C)CC(c1ccc(OC(=O)CC(C)(C)C)c(OC(=O)CC(C)(C)C)c1)[C@H](N)C(=O)O. The molecule has 0 spiro atoms. The van der Waals surface area contributed by atoms with Crippen molar-refractivity contribution in [3.8, 4) is 11.5 Å². The summed E-state index contributed by atoms with van der Waals surface area (Å²) in [4.78, 5) is 49.3. The van der Waals surface area contributed by atoms with Gasteiger partial charge < -0.3 is 29.8 Å². The third kappa shape index (κ3) is 13.3. The van der Waals surface area contributed by atoms with Gasteiger partial charge in [0.2, 0.25) is 0 Å². The van der Waals surface area contributed by atoms with Gasteiger partial charge in [0.15, 0.2) is 11.5 Å². The Hall–Kier alpha value is -3.14. The first kappa shape index (κ1) is 34.9. The number of esters is 2. The van der Waals surface area contributed by atoms with E-state index >= 15 is 0 Å². The van der Waals surface area contributed by atoms with Crippen LogP contribution < -0.4 is 15.2 Å². The number of benzene rings is 1. The normalized spacial score (nSPS) is 14.8. The highest BCUT2D eigenvalue weighted by Crippen LogP contribution is 2.36. The third-order valence-corrected chi connectivity index (χ3v) is 5.98. The standard InChI is InChI=1S/C30H47NO9/c1-10-18(2)17-37-28(36)38-19(3)13-21(26(31)27(34)35)20-11-12-22(39-24(32)15-29(4,5)6)23(14-20)40-25(33)16-30(7,8)9/h11-12,14,18-19,21,26H,10,13,15-17,31H2,1-9H3,(H,34,35)/t18?,19?,21?,26-/m0/s1. The highest BCUT2D eigenvalue weighted by Gasteiger charge is 2.31. The summed E-state index contributed by atoms with van der Waals surface area (Å²) in [7, 11) is 0. The summed E-state index contributed by atoms with van der Waals surface area (Å²) >= 11 is 0. The van der Waals surface area contributed by atoms with Crippen molar-refractivity contribution in [2.45, 2.75) is 106 Å². The second kappa shape index (κ2) is 15.0. The molecule has 226 valence electrons. The van der Waals surface area contributed by atoms with Crippen LogP contribution >= 0.6 is 0 Å². The number of hydrogen-bond acceptors (Lipinski definition) is 9. The minimum absolute atomic E-state index is 0.0285. The van der Waals surface area contributed by atoms with Gasteiger partial charge in [-0.25, -0.2) is 4.79 Å². The van der Waals surface area contributed by atoms with E-state index in [1.807, 2.05) is 55.4 Å². The first-order chi connectivity index (χ1) is 18.3. The summed E-state index contributed by atoms with van der Waals surface area (Å²) in [6.07, 6.45) is -0.496. The molecular weight excluding hydrogens is 518 g/mol. The lowest BCUT2D eigenvalue weighted by Gasteiger charge is -2.25. The minimum atomic E-state index is -1.37. The monoisotopic (exact) mass is 565 g/mol. The highest BCUT2D eigenvalue weighted by atomic mass is 16.7. The average molecular weight is 566 g/mol. The Labute approximate surface area is 237 Å². The summed E-state index contributed by atoms with van der Waals surface area (Å²) in [6, 6.07) is 3.09. The zero-order valence-corrected chi connectivity index (χ0v) is 25.4. The molecule has 0 saturated heterocycles. The zero-order chi connectivity index (χ0) is 30.8. The summed E-state index contributed by atoms with van der Waals surface area (Å²) < 4.78 is 21.6. The number of carboxylic acid groups (broad SMARTS) is 1. The molecule has 0 radical (unpaired) electrons. The Kier molecular flexibility index (Phi) is 13.1. The van der Waals surface area contributed by atoms with Crippen LogP contribution in [0.3, 0.4) is 0 Å². The van der Waals surface area contributed by atoms with Crippen LogP contribution in [0.1, 0.15) is 99.5 Å². The molecule has 40 heavy (non-hydrogen) atoms. The number of carbonyl (C=O) groups excluding carboxylic acids is 3. The number of carbonyl (C=O) groups is 4. The Morgan fingerprint density at radius 1 is 0.900 bits per heavy atom. The lowest BCUT2D eigenvalue weighted by molar-refractivity contribution is -0.139. The van der Waals surface area contributed by atoms with E-state index in [1.165, 1.54) is 12.1 Å². The Bertz CT molecular complexity index is 1020. The predicted molar refractivity (Wildman–Crippen MR) is 150 cm³/mol. The smallest absolute Gasteiger partial charge is 0.480 e.